The Bertz CT molecular complexity index is 1070. The average molecular weight is 422 g/mol. The Morgan fingerprint density at radius 2 is 1.43 bits per heavy atom. The van der Waals surface area contributed by atoms with Crippen LogP contribution in [0, 0.1) is 0 Å². The molecule has 0 saturated heterocycles. The lowest BCUT2D eigenvalue weighted by Gasteiger charge is -2.33. The third-order valence-electron chi connectivity index (χ3n) is 5.46. The van der Waals surface area contributed by atoms with Crippen LogP contribution in [-0.4, -0.2) is 18.3 Å². The maximum Gasteiger partial charge on any atom is 0.243 e. The molecule has 3 aromatic rings. The van der Waals surface area contributed by atoms with Crippen LogP contribution in [0.4, 0.5) is 0 Å². The van der Waals surface area contributed by atoms with Crippen LogP contribution in [0.15, 0.2) is 83.8 Å². The van der Waals surface area contributed by atoms with E-state index in [1.165, 1.54) is 0 Å². The van der Waals surface area contributed by atoms with Gasteiger partial charge in [0.25, 0.3) is 0 Å². The van der Waals surface area contributed by atoms with Crippen LogP contribution >= 0.6 is 0 Å². The SMILES string of the molecule is CC1(C)CCc2cc(S(=O)(=O)N(Cc3ccccc3)Cc3ccccc3)ccc2O1. The zero-order valence-corrected chi connectivity index (χ0v) is 18.2. The van der Waals surface area contributed by atoms with Gasteiger partial charge in [0.1, 0.15) is 11.4 Å². The largest absolute Gasteiger partial charge is 0.488 e. The summed E-state index contributed by atoms with van der Waals surface area (Å²) >= 11 is 0. The Morgan fingerprint density at radius 3 is 2.00 bits per heavy atom. The van der Waals surface area contributed by atoms with Crippen molar-refractivity contribution in [3.8, 4) is 5.75 Å². The van der Waals surface area contributed by atoms with Crippen molar-refractivity contribution in [2.45, 2.75) is 50.3 Å². The second kappa shape index (κ2) is 8.25. The van der Waals surface area contributed by atoms with Crippen LogP contribution in [-0.2, 0) is 29.5 Å². The molecule has 0 aliphatic carbocycles. The Kier molecular flexibility index (Phi) is 5.67. The van der Waals surface area contributed by atoms with Gasteiger partial charge < -0.3 is 4.74 Å². The van der Waals surface area contributed by atoms with Crippen molar-refractivity contribution in [2.75, 3.05) is 0 Å². The number of rotatable bonds is 6. The van der Waals surface area contributed by atoms with E-state index in [1.54, 1.807) is 22.5 Å². The topological polar surface area (TPSA) is 46.6 Å². The highest BCUT2D eigenvalue weighted by Gasteiger charge is 2.30. The first-order valence-electron chi connectivity index (χ1n) is 10.2. The van der Waals surface area contributed by atoms with Crippen molar-refractivity contribution >= 4 is 10.0 Å². The summed E-state index contributed by atoms with van der Waals surface area (Å²) in [7, 11) is -3.68. The van der Waals surface area contributed by atoms with Gasteiger partial charge in [-0.3, -0.25) is 0 Å². The molecule has 0 aromatic heterocycles. The number of sulfonamides is 1. The standard InChI is InChI=1S/C25H27NO3S/c1-25(2)16-15-22-17-23(13-14-24(22)29-25)30(27,28)26(18-20-9-5-3-6-10-20)19-21-11-7-4-8-12-21/h3-14,17H,15-16,18-19H2,1-2H3. The van der Waals surface area contributed by atoms with Gasteiger partial charge in [0.15, 0.2) is 0 Å². The monoisotopic (exact) mass is 421 g/mol. The molecule has 1 heterocycles. The Labute approximate surface area is 179 Å². The van der Waals surface area contributed by atoms with Gasteiger partial charge in [-0.15, -0.1) is 0 Å². The molecular formula is C25H27NO3S. The summed E-state index contributed by atoms with van der Waals surface area (Å²) in [5, 5.41) is 0. The summed E-state index contributed by atoms with van der Waals surface area (Å²) in [4.78, 5) is 0.316. The molecule has 5 heteroatoms. The number of hydrogen-bond donors (Lipinski definition) is 0. The number of aryl methyl sites for hydroxylation is 1. The molecule has 0 spiro atoms. The molecule has 4 rings (SSSR count). The first kappa shape index (κ1) is 20.6. The van der Waals surface area contributed by atoms with Crippen molar-refractivity contribution in [3.05, 3.63) is 95.6 Å². The van der Waals surface area contributed by atoms with E-state index in [4.69, 9.17) is 4.74 Å². The zero-order valence-electron chi connectivity index (χ0n) is 17.4. The molecule has 0 saturated carbocycles. The lowest BCUT2D eigenvalue weighted by atomic mass is 9.94. The van der Waals surface area contributed by atoms with E-state index in [1.807, 2.05) is 60.7 Å². The normalized spacial score (nSPS) is 15.4. The van der Waals surface area contributed by atoms with Crippen molar-refractivity contribution in [1.29, 1.82) is 0 Å². The fraction of sp³-hybridized carbons (Fsp3) is 0.280. The van der Waals surface area contributed by atoms with Crippen LogP contribution in [0.1, 0.15) is 37.0 Å². The van der Waals surface area contributed by atoms with E-state index in [0.717, 1.165) is 35.3 Å². The average Bonchev–Trinajstić information content (AvgIpc) is 2.74. The van der Waals surface area contributed by atoms with Crippen LogP contribution in [0.2, 0.25) is 0 Å². The van der Waals surface area contributed by atoms with Crippen LogP contribution in [0.3, 0.4) is 0 Å². The zero-order chi connectivity index (χ0) is 21.2. The summed E-state index contributed by atoms with van der Waals surface area (Å²) in [6, 6.07) is 24.7. The Morgan fingerprint density at radius 1 is 0.867 bits per heavy atom. The first-order chi connectivity index (χ1) is 14.3. The summed E-state index contributed by atoms with van der Waals surface area (Å²) in [5.41, 5.74) is 2.65. The molecule has 0 fully saturated rings. The van der Waals surface area contributed by atoms with Crippen molar-refractivity contribution in [1.82, 2.24) is 4.31 Å². The summed E-state index contributed by atoms with van der Waals surface area (Å²) < 4.78 is 34.9. The van der Waals surface area contributed by atoms with Crippen molar-refractivity contribution in [3.63, 3.8) is 0 Å². The smallest absolute Gasteiger partial charge is 0.243 e. The molecule has 0 radical (unpaired) electrons. The molecule has 0 bridgehead atoms. The van der Waals surface area contributed by atoms with E-state index in [0.29, 0.717) is 18.0 Å². The molecule has 0 N–H and O–H groups in total. The quantitative estimate of drug-likeness (QED) is 0.551. The molecule has 0 amide bonds. The predicted octanol–water partition coefficient (Wildman–Crippen LogP) is 5.18. The Hall–Kier alpha value is -2.63. The number of hydrogen-bond acceptors (Lipinski definition) is 3. The van der Waals surface area contributed by atoms with Crippen LogP contribution in [0.5, 0.6) is 5.75 Å². The lowest BCUT2D eigenvalue weighted by Crippen LogP contribution is -2.33. The van der Waals surface area contributed by atoms with E-state index >= 15 is 0 Å². The molecular weight excluding hydrogens is 394 g/mol. The third-order valence-corrected chi connectivity index (χ3v) is 7.24. The number of fused-ring (bicyclic) bond motifs is 1. The molecule has 0 unspecified atom stereocenters. The fourth-order valence-electron chi connectivity index (χ4n) is 3.74. The predicted molar refractivity (Wildman–Crippen MR) is 119 cm³/mol. The van der Waals surface area contributed by atoms with Crippen LogP contribution < -0.4 is 4.74 Å². The van der Waals surface area contributed by atoms with Crippen LogP contribution in [0.25, 0.3) is 0 Å². The Balaban J connectivity index is 1.68. The molecule has 1 aliphatic rings. The third kappa shape index (κ3) is 4.58. The minimum Gasteiger partial charge on any atom is -0.488 e. The molecule has 156 valence electrons. The lowest BCUT2D eigenvalue weighted by molar-refractivity contribution is 0.0845. The number of benzene rings is 3. The van der Waals surface area contributed by atoms with Gasteiger partial charge in [-0.05, 0) is 61.6 Å². The van der Waals surface area contributed by atoms with Gasteiger partial charge >= 0.3 is 0 Å². The molecule has 1 aliphatic heterocycles. The van der Waals surface area contributed by atoms with E-state index < -0.39 is 10.0 Å². The highest BCUT2D eigenvalue weighted by Crippen LogP contribution is 2.35. The molecule has 0 atom stereocenters. The molecule has 4 nitrogen and oxygen atoms in total. The second-order valence-electron chi connectivity index (χ2n) is 8.38. The summed E-state index contributed by atoms with van der Waals surface area (Å²) in [6.07, 6.45) is 1.67. The molecule has 30 heavy (non-hydrogen) atoms. The van der Waals surface area contributed by atoms with E-state index in [9.17, 15) is 8.42 Å². The van der Waals surface area contributed by atoms with Gasteiger partial charge in [-0.1, -0.05) is 60.7 Å². The van der Waals surface area contributed by atoms with E-state index in [-0.39, 0.29) is 5.60 Å². The minimum atomic E-state index is -3.68. The number of ether oxygens (including phenoxy) is 1. The summed E-state index contributed by atoms with van der Waals surface area (Å²) in [5.74, 6) is 0.780. The van der Waals surface area contributed by atoms with Gasteiger partial charge in [-0.25, -0.2) is 8.42 Å². The summed E-state index contributed by atoms with van der Waals surface area (Å²) in [6.45, 7) is 4.75. The maximum absolute atomic E-state index is 13.6. The second-order valence-corrected chi connectivity index (χ2v) is 10.3. The van der Waals surface area contributed by atoms with Gasteiger partial charge in [-0.2, -0.15) is 4.31 Å². The maximum atomic E-state index is 13.6. The highest BCUT2D eigenvalue weighted by molar-refractivity contribution is 7.89. The van der Waals surface area contributed by atoms with Gasteiger partial charge in [0.2, 0.25) is 10.0 Å². The fourth-order valence-corrected chi connectivity index (χ4v) is 5.21. The highest BCUT2D eigenvalue weighted by atomic mass is 32.2. The van der Waals surface area contributed by atoms with Gasteiger partial charge in [0, 0.05) is 13.1 Å². The van der Waals surface area contributed by atoms with Crippen molar-refractivity contribution in [2.24, 2.45) is 0 Å². The van der Waals surface area contributed by atoms with Crippen molar-refractivity contribution < 1.29 is 13.2 Å². The van der Waals surface area contributed by atoms with Gasteiger partial charge in [0.05, 0.1) is 4.90 Å². The van der Waals surface area contributed by atoms with E-state index in [2.05, 4.69) is 13.8 Å². The number of nitrogens with zero attached hydrogens (tertiary/aromatic N) is 1. The minimum absolute atomic E-state index is 0.222. The first-order valence-corrected chi connectivity index (χ1v) is 11.7. The molecule has 3 aromatic carbocycles.